The molecule has 1 saturated heterocycles. The first kappa shape index (κ1) is 20.3. The highest BCUT2D eigenvalue weighted by molar-refractivity contribution is 5.97. The van der Waals surface area contributed by atoms with Crippen molar-refractivity contribution < 1.29 is 9.53 Å². The van der Waals surface area contributed by atoms with E-state index in [2.05, 4.69) is 33.9 Å². The van der Waals surface area contributed by atoms with Gasteiger partial charge in [0.05, 0.1) is 29.5 Å². The lowest BCUT2D eigenvalue weighted by molar-refractivity contribution is 0.0475. The van der Waals surface area contributed by atoms with E-state index < -0.39 is 0 Å². The average molecular weight is 405 g/mol. The molecule has 3 aromatic rings. The summed E-state index contributed by atoms with van der Waals surface area (Å²) in [5.41, 5.74) is 5.31. The van der Waals surface area contributed by atoms with Crippen LogP contribution in [0.2, 0.25) is 0 Å². The van der Waals surface area contributed by atoms with E-state index >= 15 is 0 Å². The third kappa shape index (κ3) is 4.14. The Hall–Kier alpha value is -2.99. The molecule has 0 N–H and O–H groups in total. The van der Waals surface area contributed by atoms with Gasteiger partial charge in [-0.05, 0) is 56.7 Å². The van der Waals surface area contributed by atoms with Crippen LogP contribution in [-0.4, -0.2) is 58.5 Å². The second-order valence-corrected chi connectivity index (χ2v) is 8.03. The zero-order chi connectivity index (χ0) is 21.3. The van der Waals surface area contributed by atoms with E-state index in [0.29, 0.717) is 12.1 Å². The number of carbonyl (C=O) groups excluding carboxylic acids is 1. The molecule has 1 amide bonds. The molecule has 1 atom stereocenters. The number of ether oxygens (including phenoxy) is 1. The number of rotatable bonds is 4. The molecular weight excluding hydrogens is 376 g/mol. The summed E-state index contributed by atoms with van der Waals surface area (Å²) in [6, 6.07) is 13.9. The highest BCUT2D eigenvalue weighted by Gasteiger charge is 2.28. The van der Waals surface area contributed by atoms with Crippen molar-refractivity contribution in [1.29, 1.82) is 0 Å². The molecule has 2 heterocycles. The number of aryl methyl sites for hydroxylation is 2. The van der Waals surface area contributed by atoms with E-state index in [0.717, 1.165) is 47.8 Å². The fourth-order valence-electron chi connectivity index (χ4n) is 4.04. The number of aromatic nitrogens is 2. The Morgan fingerprint density at radius 1 is 1.07 bits per heavy atom. The van der Waals surface area contributed by atoms with Gasteiger partial charge in [-0.15, -0.1) is 0 Å². The molecule has 1 aliphatic rings. The SMILES string of the molecule is COc1cccc(CN2CCN(C(=O)c3ccc4nc(C)c(C)nc4c3)[C@@H](C)C2)c1. The number of methoxy groups -OCH3 is 1. The maximum absolute atomic E-state index is 13.2. The predicted octanol–water partition coefficient (Wildman–Crippen LogP) is 3.60. The number of carbonyl (C=O) groups is 1. The number of piperazine rings is 1. The van der Waals surface area contributed by atoms with Crippen LogP contribution in [0.1, 0.15) is 34.2 Å². The summed E-state index contributed by atoms with van der Waals surface area (Å²) in [4.78, 5) is 26.7. The first-order valence-corrected chi connectivity index (χ1v) is 10.4. The van der Waals surface area contributed by atoms with Crippen LogP contribution >= 0.6 is 0 Å². The van der Waals surface area contributed by atoms with E-state index in [-0.39, 0.29) is 11.9 Å². The molecule has 0 radical (unpaired) electrons. The van der Waals surface area contributed by atoms with E-state index in [9.17, 15) is 4.79 Å². The first-order valence-electron chi connectivity index (χ1n) is 10.4. The van der Waals surface area contributed by atoms with Crippen molar-refractivity contribution in [3.8, 4) is 5.75 Å². The quantitative estimate of drug-likeness (QED) is 0.665. The Morgan fingerprint density at radius 2 is 1.83 bits per heavy atom. The van der Waals surface area contributed by atoms with Crippen LogP contribution in [-0.2, 0) is 6.54 Å². The summed E-state index contributed by atoms with van der Waals surface area (Å²) in [7, 11) is 1.69. The minimum atomic E-state index is 0.0606. The van der Waals surface area contributed by atoms with Crippen molar-refractivity contribution in [3.63, 3.8) is 0 Å². The molecule has 0 unspecified atom stereocenters. The summed E-state index contributed by atoms with van der Waals surface area (Å²) in [6.45, 7) is 9.26. The minimum Gasteiger partial charge on any atom is -0.497 e. The standard InChI is InChI=1S/C24H28N4O2/c1-16-14-27(15-19-6-5-7-21(12-19)30-4)10-11-28(16)24(29)20-8-9-22-23(13-20)26-18(3)17(2)25-22/h5-9,12-13,16H,10-11,14-15H2,1-4H3/t16-/m0/s1. The van der Waals surface area contributed by atoms with Crippen LogP contribution in [0.4, 0.5) is 0 Å². The smallest absolute Gasteiger partial charge is 0.254 e. The predicted molar refractivity (Wildman–Crippen MR) is 118 cm³/mol. The normalized spacial score (nSPS) is 17.3. The zero-order valence-corrected chi connectivity index (χ0v) is 18.1. The van der Waals surface area contributed by atoms with Crippen molar-refractivity contribution >= 4 is 16.9 Å². The van der Waals surface area contributed by atoms with Crippen LogP contribution in [0.5, 0.6) is 5.75 Å². The monoisotopic (exact) mass is 404 g/mol. The topological polar surface area (TPSA) is 58.6 Å². The van der Waals surface area contributed by atoms with E-state index in [4.69, 9.17) is 4.74 Å². The Morgan fingerprint density at radius 3 is 2.57 bits per heavy atom. The summed E-state index contributed by atoms with van der Waals surface area (Å²) < 4.78 is 5.33. The summed E-state index contributed by atoms with van der Waals surface area (Å²) in [5.74, 6) is 0.935. The Bertz CT molecular complexity index is 1080. The average Bonchev–Trinajstić information content (AvgIpc) is 2.74. The maximum atomic E-state index is 13.2. The van der Waals surface area contributed by atoms with E-state index in [1.54, 1.807) is 7.11 Å². The molecule has 1 fully saturated rings. The molecule has 0 saturated carbocycles. The van der Waals surface area contributed by atoms with Crippen LogP contribution in [0, 0.1) is 13.8 Å². The van der Waals surface area contributed by atoms with Gasteiger partial charge >= 0.3 is 0 Å². The van der Waals surface area contributed by atoms with Gasteiger partial charge in [-0.3, -0.25) is 9.69 Å². The second-order valence-electron chi connectivity index (χ2n) is 8.03. The number of hydrogen-bond acceptors (Lipinski definition) is 5. The van der Waals surface area contributed by atoms with E-state index in [1.807, 2.05) is 49.1 Å². The third-order valence-electron chi connectivity index (χ3n) is 5.84. The number of fused-ring (bicyclic) bond motifs is 1. The molecule has 156 valence electrons. The third-order valence-corrected chi connectivity index (χ3v) is 5.84. The van der Waals surface area contributed by atoms with Crippen molar-refractivity contribution in [1.82, 2.24) is 19.8 Å². The van der Waals surface area contributed by atoms with Gasteiger partial charge in [-0.2, -0.15) is 0 Å². The summed E-state index contributed by atoms with van der Waals surface area (Å²) >= 11 is 0. The van der Waals surface area contributed by atoms with E-state index in [1.165, 1.54) is 5.56 Å². The van der Waals surface area contributed by atoms with Crippen molar-refractivity contribution in [2.24, 2.45) is 0 Å². The molecule has 30 heavy (non-hydrogen) atoms. The lowest BCUT2D eigenvalue weighted by Crippen LogP contribution is -2.53. The lowest BCUT2D eigenvalue weighted by Gasteiger charge is -2.40. The van der Waals surface area contributed by atoms with Gasteiger partial charge in [-0.1, -0.05) is 12.1 Å². The number of amides is 1. The van der Waals surface area contributed by atoms with Gasteiger partial charge in [0.15, 0.2) is 0 Å². The fourth-order valence-corrected chi connectivity index (χ4v) is 4.04. The molecule has 0 aliphatic carbocycles. The fraction of sp³-hybridized carbons (Fsp3) is 0.375. The Labute approximate surface area is 177 Å². The molecule has 2 aromatic carbocycles. The molecule has 0 spiro atoms. The summed E-state index contributed by atoms with van der Waals surface area (Å²) in [5, 5.41) is 0. The number of benzene rings is 2. The maximum Gasteiger partial charge on any atom is 0.254 e. The molecular formula is C24H28N4O2. The van der Waals surface area contributed by atoms with Gasteiger partial charge in [0.2, 0.25) is 0 Å². The van der Waals surface area contributed by atoms with Gasteiger partial charge in [0, 0.05) is 37.8 Å². The first-order chi connectivity index (χ1) is 14.4. The lowest BCUT2D eigenvalue weighted by atomic mass is 10.1. The molecule has 4 rings (SSSR count). The zero-order valence-electron chi connectivity index (χ0n) is 18.1. The molecule has 0 bridgehead atoms. The van der Waals surface area contributed by atoms with Crippen LogP contribution in [0.15, 0.2) is 42.5 Å². The number of hydrogen-bond donors (Lipinski definition) is 0. The van der Waals surface area contributed by atoms with Crippen LogP contribution < -0.4 is 4.74 Å². The highest BCUT2D eigenvalue weighted by Crippen LogP contribution is 2.20. The van der Waals surface area contributed by atoms with Gasteiger partial charge in [-0.25, -0.2) is 9.97 Å². The largest absolute Gasteiger partial charge is 0.497 e. The van der Waals surface area contributed by atoms with Gasteiger partial charge < -0.3 is 9.64 Å². The minimum absolute atomic E-state index is 0.0606. The Kier molecular flexibility index (Phi) is 5.68. The van der Waals surface area contributed by atoms with Gasteiger partial charge in [0.25, 0.3) is 5.91 Å². The van der Waals surface area contributed by atoms with Crippen LogP contribution in [0.3, 0.4) is 0 Å². The molecule has 6 nitrogen and oxygen atoms in total. The second kappa shape index (κ2) is 8.40. The van der Waals surface area contributed by atoms with Crippen molar-refractivity contribution in [2.45, 2.75) is 33.4 Å². The highest BCUT2D eigenvalue weighted by atomic mass is 16.5. The Balaban J connectivity index is 1.45. The van der Waals surface area contributed by atoms with Crippen molar-refractivity contribution in [3.05, 3.63) is 65.0 Å². The summed E-state index contributed by atoms with van der Waals surface area (Å²) in [6.07, 6.45) is 0. The molecule has 1 aliphatic heterocycles. The van der Waals surface area contributed by atoms with Crippen molar-refractivity contribution in [2.75, 3.05) is 26.7 Å². The molecule has 6 heteroatoms. The van der Waals surface area contributed by atoms with Crippen LogP contribution in [0.25, 0.3) is 11.0 Å². The number of nitrogens with zero attached hydrogens (tertiary/aromatic N) is 4. The van der Waals surface area contributed by atoms with Gasteiger partial charge in [0.1, 0.15) is 5.75 Å². The molecule has 1 aromatic heterocycles.